The number of hydrogen-bond donors (Lipinski definition) is 3. The Kier molecular flexibility index (Phi) is 4.51. The monoisotopic (exact) mass is 390 g/mol. The lowest BCUT2D eigenvalue weighted by Gasteiger charge is -2.36. The maximum atomic E-state index is 12.9. The molecule has 3 N–H and O–H groups in total. The minimum Gasteiger partial charge on any atom is -0.375 e. The number of aromatic nitrogens is 3. The van der Waals surface area contributed by atoms with E-state index in [-0.39, 0.29) is 34.4 Å². The Labute approximate surface area is 159 Å². The van der Waals surface area contributed by atoms with Gasteiger partial charge in [0.1, 0.15) is 5.82 Å². The van der Waals surface area contributed by atoms with E-state index in [9.17, 15) is 14.4 Å². The van der Waals surface area contributed by atoms with Crippen LogP contribution in [0.25, 0.3) is 0 Å². The summed E-state index contributed by atoms with van der Waals surface area (Å²) in [5, 5.41) is 5.26. The molecule has 9 heteroatoms. The van der Waals surface area contributed by atoms with Gasteiger partial charge in [0, 0.05) is 18.4 Å². The molecular weight excluding hydrogens is 368 g/mol. The molecule has 0 radical (unpaired) electrons. The summed E-state index contributed by atoms with van der Waals surface area (Å²) >= 11 is 1.29. The molecule has 0 saturated carbocycles. The quantitative estimate of drug-likeness (QED) is 0.724. The second-order valence-electron chi connectivity index (χ2n) is 7.52. The Hall–Kier alpha value is -2.26. The minimum absolute atomic E-state index is 0.00306. The number of fused-ring (bicyclic) bond motifs is 1. The van der Waals surface area contributed by atoms with Crippen LogP contribution in [0.1, 0.15) is 49.1 Å². The Balaban J connectivity index is 1.84. The van der Waals surface area contributed by atoms with E-state index in [0.717, 1.165) is 6.42 Å². The lowest BCUT2D eigenvalue weighted by atomic mass is 9.94. The first-order chi connectivity index (χ1) is 12.9. The first kappa shape index (κ1) is 18.1. The highest BCUT2D eigenvalue weighted by Gasteiger charge is 2.36. The molecule has 4 heterocycles. The van der Waals surface area contributed by atoms with Crippen molar-refractivity contribution in [2.45, 2.75) is 43.6 Å². The van der Waals surface area contributed by atoms with Gasteiger partial charge >= 0.3 is 0 Å². The van der Waals surface area contributed by atoms with Crippen molar-refractivity contribution >= 4 is 23.5 Å². The van der Waals surface area contributed by atoms with Crippen LogP contribution in [0.3, 0.4) is 0 Å². The van der Waals surface area contributed by atoms with Crippen molar-refractivity contribution in [2.75, 3.05) is 17.7 Å². The third-order valence-electron chi connectivity index (χ3n) is 5.03. The predicted molar refractivity (Wildman–Crippen MR) is 103 cm³/mol. The maximum absolute atomic E-state index is 12.9. The second-order valence-corrected chi connectivity index (χ2v) is 8.62. The zero-order valence-electron chi connectivity index (χ0n) is 15.2. The number of pyridine rings is 1. The van der Waals surface area contributed by atoms with Crippen molar-refractivity contribution in [2.24, 2.45) is 0 Å². The Morgan fingerprint density at radius 2 is 2.07 bits per heavy atom. The Morgan fingerprint density at radius 1 is 1.26 bits per heavy atom. The van der Waals surface area contributed by atoms with Crippen molar-refractivity contribution in [1.29, 1.82) is 0 Å². The fourth-order valence-corrected chi connectivity index (χ4v) is 4.97. The molecule has 1 fully saturated rings. The van der Waals surface area contributed by atoms with E-state index in [1.807, 2.05) is 13.8 Å². The second kappa shape index (κ2) is 6.72. The van der Waals surface area contributed by atoms with Crippen LogP contribution in [0, 0.1) is 0 Å². The van der Waals surface area contributed by atoms with Crippen LogP contribution in [0.4, 0.5) is 5.82 Å². The van der Waals surface area contributed by atoms with E-state index in [4.69, 9.17) is 4.74 Å². The fourth-order valence-electron chi connectivity index (χ4n) is 3.82. The molecule has 2 aliphatic rings. The molecule has 8 nitrogen and oxygen atoms in total. The van der Waals surface area contributed by atoms with Gasteiger partial charge in [0.25, 0.3) is 11.1 Å². The molecule has 1 amide bonds. The Morgan fingerprint density at radius 3 is 2.81 bits per heavy atom. The summed E-state index contributed by atoms with van der Waals surface area (Å²) in [4.78, 5) is 40.1. The first-order valence-electron chi connectivity index (χ1n) is 8.93. The summed E-state index contributed by atoms with van der Waals surface area (Å²) in [5.41, 5.74) is 0.0470. The molecule has 27 heavy (non-hydrogen) atoms. The van der Waals surface area contributed by atoms with E-state index < -0.39 is 5.25 Å². The number of ether oxygens (including phenoxy) is 1. The molecule has 1 saturated heterocycles. The highest BCUT2D eigenvalue weighted by Crippen LogP contribution is 2.41. The summed E-state index contributed by atoms with van der Waals surface area (Å²) in [6, 6.07) is 3.43. The normalized spacial score (nSPS) is 24.7. The summed E-state index contributed by atoms with van der Waals surface area (Å²) in [5.74, 6) is 0.452. The summed E-state index contributed by atoms with van der Waals surface area (Å²) in [7, 11) is 0. The van der Waals surface area contributed by atoms with Crippen LogP contribution in [-0.2, 0) is 9.53 Å². The number of anilines is 1. The van der Waals surface area contributed by atoms with Gasteiger partial charge in [0.05, 0.1) is 28.2 Å². The van der Waals surface area contributed by atoms with Gasteiger partial charge < -0.3 is 15.0 Å². The van der Waals surface area contributed by atoms with Gasteiger partial charge in [-0.05, 0) is 32.8 Å². The molecule has 2 aliphatic heterocycles. The average Bonchev–Trinajstić information content (AvgIpc) is 2.81. The third kappa shape index (κ3) is 3.37. The molecule has 2 aromatic rings. The zero-order chi connectivity index (χ0) is 19.2. The van der Waals surface area contributed by atoms with Gasteiger partial charge in [-0.1, -0.05) is 6.07 Å². The number of amides is 1. The standard InChI is InChI=1S/C18H22N4O4S/c1-18(2)8-10(5-7-26-18)22-15-13(17(25)21-22)14(27-9-12(23)20-15)11-4-3-6-19-16(11)24/h3-4,6,10,14H,5,7-9H2,1-2H3,(H,19,24)(H,20,23)(H,21,25)/t10-,14+/m1/s1. The fraction of sp³-hybridized carbons (Fsp3) is 0.500. The van der Waals surface area contributed by atoms with Crippen LogP contribution < -0.4 is 16.4 Å². The smallest absolute Gasteiger partial charge is 0.270 e. The first-order valence-corrected chi connectivity index (χ1v) is 9.98. The molecule has 0 spiro atoms. The van der Waals surface area contributed by atoms with E-state index >= 15 is 0 Å². The predicted octanol–water partition coefficient (Wildman–Crippen LogP) is 1.77. The lowest BCUT2D eigenvalue weighted by molar-refractivity contribution is -0.113. The molecule has 4 rings (SSSR count). The molecule has 0 aliphatic carbocycles. The summed E-state index contributed by atoms with van der Waals surface area (Å²) in [6.45, 7) is 4.61. The topological polar surface area (TPSA) is 109 Å². The van der Waals surface area contributed by atoms with Gasteiger partial charge in [-0.2, -0.15) is 0 Å². The summed E-state index contributed by atoms with van der Waals surface area (Å²) < 4.78 is 7.54. The van der Waals surface area contributed by atoms with E-state index in [2.05, 4.69) is 15.4 Å². The molecule has 0 aromatic carbocycles. The number of aromatic amines is 2. The number of H-pyrrole nitrogens is 2. The van der Waals surface area contributed by atoms with Crippen molar-refractivity contribution < 1.29 is 9.53 Å². The number of hydrogen-bond acceptors (Lipinski definition) is 5. The van der Waals surface area contributed by atoms with Gasteiger partial charge in [0.2, 0.25) is 5.91 Å². The van der Waals surface area contributed by atoms with Crippen LogP contribution in [-0.4, -0.2) is 38.6 Å². The van der Waals surface area contributed by atoms with Gasteiger partial charge in [0.15, 0.2) is 0 Å². The number of nitrogens with one attached hydrogen (secondary N) is 3. The van der Waals surface area contributed by atoms with Crippen LogP contribution in [0.15, 0.2) is 27.9 Å². The third-order valence-corrected chi connectivity index (χ3v) is 6.28. The van der Waals surface area contributed by atoms with Gasteiger partial charge in [-0.25, -0.2) is 0 Å². The van der Waals surface area contributed by atoms with Gasteiger partial charge in [-0.3, -0.25) is 24.2 Å². The average molecular weight is 390 g/mol. The number of thioether (sulfide) groups is 1. The minimum atomic E-state index is -0.512. The van der Waals surface area contributed by atoms with Crippen LogP contribution in [0.5, 0.6) is 0 Å². The van der Waals surface area contributed by atoms with Crippen molar-refractivity contribution in [3.63, 3.8) is 0 Å². The molecule has 144 valence electrons. The number of carbonyl (C=O) groups is 1. The largest absolute Gasteiger partial charge is 0.375 e. The molecule has 2 atom stereocenters. The van der Waals surface area contributed by atoms with Crippen LogP contribution in [0.2, 0.25) is 0 Å². The van der Waals surface area contributed by atoms with Crippen molar-refractivity contribution in [1.82, 2.24) is 14.8 Å². The van der Waals surface area contributed by atoms with Crippen molar-refractivity contribution in [3.05, 3.63) is 50.2 Å². The van der Waals surface area contributed by atoms with Crippen molar-refractivity contribution in [3.8, 4) is 0 Å². The van der Waals surface area contributed by atoms with E-state index in [0.29, 0.717) is 30.0 Å². The highest BCUT2D eigenvalue weighted by atomic mass is 32.2. The molecule has 0 bridgehead atoms. The Bertz CT molecular complexity index is 990. The molecule has 0 unspecified atom stereocenters. The lowest BCUT2D eigenvalue weighted by Crippen LogP contribution is -2.36. The van der Waals surface area contributed by atoms with E-state index in [1.165, 1.54) is 11.8 Å². The number of rotatable bonds is 2. The number of nitrogens with zero attached hydrogens (tertiary/aromatic N) is 1. The number of carbonyl (C=O) groups excluding carboxylic acids is 1. The van der Waals surface area contributed by atoms with E-state index in [1.54, 1.807) is 23.0 Å². The summed E-state index contributed by atoms with van der Waals surface area (Å²) in [6.07, 6.45) is 3.00. The molecule has 2 aromatic heterocycles. The van der Waals surface area contributed by atoms with Gasteiger partial charge in [-0.15, -0.1) is 11.8 Å². The molecular formula is C18H22N4O4S. The maximum Gasteiger partial charge on any atom is 0.270 e. The SMILES string of the molecule is CC1(C)C[C@H](n2[nH]c(=O)c3c2NC(=O)CS[C@H]3c2ccc[nH]c2=O)CCO1. The van der Waals surface area contributed by atoms with Crippen LogP contribution >= 0.6 is 11.8 Å². The highest BCUT2D eigenvalue weighted by molar-refractivity contribution is 8.00. The zero-order valence-corrected chi connectivity index (χ0v) is 16.0.